The average molecular weight is 286 g/mol. The molecule has 0 atom stereocenters. The van der Waals surface area contributed by atoms with E-state index in [4.69, 9.17) is 0 Å². The van der Waals surface area contributed by atoms with Gasteiger partial charge in [-0.15, -0.1) is 36.6 Å². The molecule has 1 heterocycles. The summed E-state index contributed by atoms with van der Waals surface area (Å²) in [6.07, 6.45) is 0. The standard InChI is InChI=1S/C12H8F2S3/c1-5-7-3-4-8(16)10(14)12(7)17-11(5)9(13)6(2)15/h3-4,15-16H,1-2H2/b11-9-. The molecule has 88 valence electrons. The van der Waals surface area contributed by atoms with Crippen LogP contribution in [0.2, 0.25) is 0 Å². The van der Waals surface area contributed by atoms with Gasteiger partial charge in [0.2, 0.25) is 0 Å². The van der Waals surface area contributed by atoms with Crippen molar-refractivity contribution in [3.63, 3.8) is 0 Å². The fourth-order valence-electron chi connectivity index (χ4n) is 1.48. The highest BCUT2D eigenvalue weighted by Gasteiger charge is 2.11. The summed E-state index contributed by atoms with van der Waals surface area (Å²) >= 11 is 8.82. The SMILES string of the molecule is C=C(S)/C(F)=c1/sc2c(F)c(S)ccc2c1=C. The summed E-state index contributed by atoms with van der Waals surface area (Å²) < 4.78 is 28.2. The van der Waals surface area contributed by atoms with Crippen molar-refractivity contribution in [2.75, 3.05) is 0 Å². The lowest BCUT2D eigenvalue weighted by Crippen LogP contribution is -2.18. The normalized spacial score (nSPS) is 12.9. The fraction of sp³-hybridized carbons (Fsp3) is 0. The van der Waals surface area contributed by atoms with Crippen molar-refractivity contribution in [1.82, 2.24) is 0 Å². The maximum absolute atomic E-state index is 13.8. The van der Waals surface area contributed by atoms with Crippen LogP contribution in [0.4, 0.5) is 8.78 Å². The third kappa shape index (κ3) is 2.03. The maximum Gasteiger partial charge on any atom is 0.154 e. The van der Waals surface area contributed by atoms with Crippen LogP contribution in [0.1, 0.15) is 0 Å². The summed E-state index contributed by atoms with van der Waals surface area (Å²) in [7, 11) is 0. The molecule has 0 unspecified atom stereocenters. The Morgan fingerprint density at radius 2 is 2.00 bits per heavy atom. The Kier molecular flexibility index (Phi) is 3.34. The zero-order valence-corrected chi connectivity index (χ0v) is 11.2. The molecule has 0 N–H and O–H groups in total. The predicted octanol–water partition coefficient (Wildman–Crippen LogP) is 3.26. The Bertz CT molecular complexity index is 728. The van der Waals surface area contributed by atoms with E-state index in [1.165, 1.54) is 6.07 Å². The molecule has 0 amide bonds. The molecule has 0 fully saturated rings. The highest BCUT2D eigenvalue weighted by atomic mass is 32.1. The van der Waals surface area contributed by atoms with Crippen molar-refractivity contribution in [3.05, 3.63) is 39.2 Å². The number of hydrogen-bond donors (Lipinski definition) is 2. The largest absolute Gasteiger partial charge is 0.204 e. The van der Waals surface area contributed by atoms with Crippen molar-refractivity contribution in [1.29, 1.82) is 0 Å². The molecule has 0 aliphatic rings. The molecule has 0 bridgehead atoms. The van der Waals surface area contributed by atoms with Crippen molar-refractivity contribution >= 4 is 59.1 Å². The zero-order chi connectivity index (χ0) is 12.7. The molecule has 0 spiro atoms. The van der Waals surface area contributed by atoms with E-state index in [-0.39, 0.29) is 14.3 Å². The second-order valence-corrected chi connectivity index (χ2v) is 5.49. The summed E-state index contributed by atoms with van der Waals surface area (Å²) in [6, 6.07) is 3.21. The monoisotopic (exact) mass is 286 g/mol. The first kappa shape index (κ1) is 12.7. The van der Waals surface area contributed by atoms with E-state index < -0.39 is 11.6 Å². The fourth-order valence-corrected chi connectivity index (χ4v) is 3.08. The van der Waals surface area contributed by atoms with Crippen molar-refractivity contribution in [2.45, 2.75) is 4.90 Å². The first-order valence-electron chi connectivity index (χ1n) is 4.60. The van der Waals surface area contributed by atoms with Gasteiger partial charge in [-0.1, -0.05) is 19.2 Å². The molecule has 2 aromatic rings. The molecule has 0 saturated carbocycles. The average Bonchev–Trinajstić information content (AvgIpc) is 2.61. The number of allylic oxidation sites excluding steroid dienone is 1. The van der Waals surface area contributed by atoms with Crippen molar-refractivity contribution in [3.8, 4) is 0 Å². The number of thiophene rings is 1. The molecule has 5 heteroatoms. The van der Waals surface area contributed by atoms with Crippen molar-refractivity contribution in [2.24, 2.45) is 0 Å². The number of benzene rings is 1. The van der Waals surface area contributed by atoms with Crippen LogP contribution in [0.3, 0.4) is 0 Å². The molecular formula is C12H8F2S3. The summed E-state index contributed by atoms with van der Waals surface area (Å²) in [4.78, 5) is 0.239. The van der Waals surface area contributed by atoms with Gasteiger partial charge in [-0.3, -0.25) is 0 Å². The molecule has 2 rings (SSSR count). The lowest BCUT2D eigenvalue weighted by atomic mass is 10.2. The van der Waals surface area contributed by atoms with Crippen LogP contribution < -0.4 is 9.75 Å². The second kappa shape index (κ2) is 4.48. The third-order valence-electron chi connectivity index (χ3n) is 2.33. The Balaban J connectivity index is 3.02. The molecule has 0 aliphatic heterocycles. The van der Waals surface area contributed by atoms with Gasteiger partial charge in [0.05, 0.1) is 9.23 Å². The van der Waals surface area contributed by atoms with Gasteiger partial charge in [-0.2, -0.15) is 0 Å². The van der Waals surface area contributed by atoms with Crippen LogP contribution in [0, 0.1) is 5.82 Å². The summed E-state index contributed by atoms with van der Waals surface area (Å²) in [5, 5.41) is 1.04. The van der Waals surface area contributed by atoms with E-state index in [1.807, 2.05) is 0 Å². The molecule has 17 heavy (non-hydrogen) atoms. The third-order valence-corrected chi connectivity index (χ3v) is 4.11. The second-order valence-electron chi connectivity index (χ2n) is 3.45. The van der Waals surface area contributed by atoms with E-state index in [2.05, 4.69) is 38.4 Å². The van der Waals surface area contributed by atoms with Gasteiger partial charge in [0, 0.05) is 15.2 Å². The van der Waals surface area contributed by atoms with Crippen molar-refractivity contribution < 1.29 is 8.78 Å². The summed E-state index contributed by atoms with van der Waals surface area (Å²) in [6.45, 7) is 7.17. The quantitative estimate of drug-likeness (QED) is 0.739. The first-order chi connectivity index (χ1) is 7.93. The lowest BCUT2D eigenvalue weighted by Gasteiger charge is -1.94. The Morgan fingerprint density at radius 1 is 1.35 bits per heavy atom. The van der Waals surface area contributed by atoms with Crippen LogP contribution in [0.15, 0.2) is 28.5 Å². The number of fused-ring (bicyclic) bond motifs is 1. The Morgan fingerprint density at radius 3 is 2.59 bits per heavy atom. The van der Waals surface area contributed by atoms with Crippen LogP contribution in [-0.2, 0) is 0 Å². The van der Waals surface area contributed by atoms with E-state index in [1.54, 1.807) is 6.07 Å². The van der Waals surface area contributed by atoms with Crippen LogP contribution >= 0.6 is 36.6 Å². The summed E-state index contributed by atoms with van der Waals surface area (Å²) in [5.41, 5.74) is 0. The molecule has 0 aliphatic carbocycles. The van der Waals surface area contributed by atoms with Gasteiger partial charge in [-0.25, -0.2) is 8.78 Å². The van der Waals surface area contributed by atoms with Gasteiger partial charge >= 0.3 is 0 Å². The van der Waals surface area contributed by atoms with E-state index in [0.717, 1.165) is 11.3 Å². The van der Waals surface area contributed by atoms with Crippen LogP contribution in [0.25, 0.3) is 22.5 Å². The first-order valence-corrected chi connectivity index (χ1v) is 6.31. The maximum atomic E-state index is 13.8. The Labute approximate surface area is 112 Å². The molecule has 0 nitrogen and oxygen atoms in total. The molecule has 1 aromatic heterocycles. The highest BCUT2D eigenvalue weighted by molar-refractivity contribution is 7.85. The van der Waals surface area contributed by atoms with Crippen LogP contribution in [0.5, 0.6) is 0 Å². The number of halogens is 2. The molecule has 0 radical (unpaired) electrons. The van der Waals surface area contributed by atoms with Gasteiger partial charge in [-0.05, 0) is 11.3 Å². The lowest BCUT2D eigenvalue weighted by molar-refractivity contribution is 0.617. The zero-order valence-electron chi connectivity index (χ0n) is 8.63. The van der Waals surface area contributed by atoms with Crippen LogP contribution in [-0.4, -0.2) is 0 Å². The van der Waals surface area contributed by atoms with E-state index in [9.17, 15) is 8.78 Å². The minimum atomic E-state index is -0.570. The van der Waals surface area contributed by atoms with Gasteiger partial charge in [0.1, 0.15) is 0 Å². The van der Waals surface area contributed by atoms with Gasteiger partial charge in [0.25, 0.3) is 0 Å². The minimum Gasteiger partial charge on any atom is -0.204 e. The summed E-state index contributed by atoms with van der Waals surface area (Å²) in [5.74, 6) is -1.02. The Hall–Kier alpha value is -0.780. The molecule has 1 aromatic carbocycles. The number of thiol groups is 2. The topological polar surface area (TPSA) is 0 Å². The minimum absolute atomic E-state index is 0.00737. The smallest absolute Gasteiger partial charge is 0.154 e. The van der Waals surface area contributed by atoms with Gasteiger partial charge < -0.3 is 0 Å². The molecule has 0 saturated heterocycles. The highest BCUT2D eigenvalue weighted by Crippen LogP contribution is 2.24. The molecular weight excluding hydrogens is 278 g/mol. The van der Waals surface area contributed by atoms with Gasteiger partial charge in [0.15, 0.2) is 11.6 Å². The van der Waals surface area contributed by atoms with E-state index in [0.29, 0.717) is 15.3 Å². The number of rotatable bonds is 1. The van der Waals surface area contributed by atoms with E-state index >= 15 is 0 Å². The predicted molar refractivity (Wildman–Crippen MR) is 76.4 cm³/mol. The number of hydrogen-bond acceptors (Lipinski definition) is 3.